The van der Waals surface area contributed by atoms with Crippen LogP contribution in [-0.2, 0) is 4.79 Å². The molecule has 0 aromatic heterocycles. The quantitative estimate of drug-likeness (QED) is 0.842. The van der Waals surface area contributed by atoms with E-state index >= 15 is 0 Å². The van der Waals surface area contributed by atoms with Gasteiger partial charge in [-0.05, 0) is 30.9 Å². The Hall–Kier alpha value is -1.84. The number of amides is 1. The number of carboxylic acids is 1. The largest absolute Gasteiger partial charge is 0.478 e. The molecule has 1 amide bonds. The van der Waals surface area contributed by atoms with E-state index in [1.54, 1.807) is 25.1 Å². The van der Waals surface area contributed by atoms with Gasteiger partial charge in [0.15, 0.2) is 0 Å². The molecule has 98 valence electrons. The van der Waals surface area contributed by atoms with E-state index in [0.717, 1.165) is 6.42 Å². The minimum absolute atomic E-state index is 0.142. The summed E-state index contributed by atoms with van der Waals surface area (Å²) >= 11 is 0. The summed E-state index contributed by atoms with van der Waals surface area (Å²) in [6, 6.07) is 5.07. The standard InChI is InChI=1S/C14H19NO3/c1-9(2)7-8-12(16)15-11-6-4-5-10(3)13(11)14(17)18/h4-6,9H,7-8H2,1-3H3,(H,15,16)(H,17,18). The lowest BCUT2D eigenvalue weighted by molar-refractivity contribution is -0.116. The van der Waals surface area contributed by atoms with Crippen LogP contribution >= 0.6 is 0 Å². The second-order valence-corrected chi connectivity index (χ2v) is 4.78. The van der Waals surface area contributed by atoms with Crippen molar-refractivity contribution < 1.29 is 14.7 Å². The summed E-state index contributed by atoms with van der Waals surface area (Å²) in [5.41, 5.74) is 1.18. The third kappa shape index (κ3) is 3.87. The van der Waals surface area contributed by atoms with Crippen molar-refractivity contribution in [1.29, 1.82) is 0 Å². The van der Waals surface area contributed by atoms with Crippen LogP contribution in [0.4, 0.5) is 5.69 Å². The molecule has 0 heterocycles. The van der Waals surface area contributed by atoms with Crippen LogP contribution in [0.5, 0.6) is 0 Å². The maximum Gasteiger partial charge on any atom is 0.338 e. The highest BCUT2D eigenvalue weighted by Gasteiger charge is 2.14. The van der Waals surface area contributed by atoms with E-state index < -0.39 is 5.97 Å². The average Bonchev–Trinajstić information content (AvgIpc) is 2.26. The molecule has 0 spiro atoms. The first kappa shape index (κ1) is 14.2. The van der Waals surface area contributed by atoms with Gasteiger partial charge in [-0.3, -0.25) is 4.79 Å². The van der Waals surface area contributed by atoms with E-state index in [-0.39, 0.29) is 11.5 Å². The summed E-state index contributed by atoms with van der Waals surface area (Å²) in [5, 5.41) is 11.8. The van der Waals surface area contributed by atoms with Crippen LogP contribution in [0.3, 0.4) is 0 Å². The smallest absolute Gasteiger partial charge is 0.338 e. The van der Waals surface area contributed by atoms with E-state index in [2.05, 4.69) is 5.32 Å². The first-order chi connectivity index (χ1) is 8.41. The molecule has 4 nitrogen and oxygen atoms in total. The number of hydrogen-bond acceptors (Lipinski definition) is 2. The Morgan fingerprint density at radius 2 is 2.00 bits per heavy atom. The highest BCUT2D eigenvalue weighted by atomic mass is 16.4. The monoisotopic (exact) mass is 249 g/mol. The molecule has 0 saturated carbocycles. The summed E-state index contributed by atoms with van der Waals surface area (Å²) in [5.74, 6) is -0.712. The minimum Gasteiger partial charge on any atom is -0.478 e. The van der Waals surface area contributed by atoms with Gasteiger partial charge in [-0.25, -0.2) is 4.79 Å². The minimum atomic E-state index is -1.02. The van der Waals surface area contributed by atoms with Crippen molar-refractivity contribution in [3.63, 3.8) is 0 Å². The summed E-state index contributed by atoms with van der Waals surface area (Å²) < 4.78 is 0. The molecule has 0 aliphatic rings. The summed E-state index contributed by atoms with van der Waals surface area (Å²) in [4.78, 5) is 22.8. The molecule has 1 aromatic carbocycles. The fourth-order valence-electron chi connectivity index (χ4n) is 1.69. The average molecular weight is 249 g/mol. The zero-order chi connectivity index (χ0) is 13.7. The lowest BCUT2D eigenvalue weighted by atomic mass is 10.1. The Labute approximate surface area is 107 Å². The fourth-order valence-corrected chi connectivity index (χ4v) is 1.69. The van der Waals surface area contributed by atoms with Gasteiger partial charge in [0, 0.05) is 6.42 Å². The van der Waals surface area contributed by atoms with Crippen molar-refractivity contribution in [2.75, 3.05) is 5.32 Å². The van der Waals surface area contributed by atoms with Crippen molar-refractivity contribution in [3.05, 3.63) is 29.3 Å². The van der Waals surface area contributed by atoms with Crippen molar-refractivity contribution in [2.24, 2.45) is 5.92 Å². The summed E-state index contributed by atoms with van der Waals surface area (Å²) in [7, 11) is 0. The Balaban J connectivity index is 2.81. The van der Waals surface area contributed by atoms with Crippen LogP contribution < -0.4 is 5.32 Å². The first-order valence-electron chi connectivity index (χ1n) is 6.04. The van der Waals surface area contributed by atoms with Gasteiger partial charge in [0.25, 0.3) is 0 Å². The maximum atomic E-state index is 11.7. The van der Waals surface area contributed by atoms with Gasteiger partial charge in [-0.1, -0.05) is 26.0 Å². The third-order valence-corrected chi connectivity index (χ3v) is 2.71. The van der Waals surface area contributed by atoms with E-state index in [9.17, 15) is 9.59 Å². The lowest BCUT2D eigenvalue weighted by Gasteiger charge is -2.11. The predicted octanol–water partition coefficient (Wildman–Crippen LogP) is 3.07. The number of hydrogen-bond donors (Lipinski definition) is 2. The molecular weight excluding hydrogens is 230 g/mol. The number of benzene rings is 1. The third-order valence-electron chi connectivity index (χ3n) is 2.71. The lowest BCUT2D eigenvalue weighted by Crippen LogP contribution is -2.15. The summed E-state index contributed by atoms with van der Waals surface area (Å²) in [6.07, 6.45) is 1.20. The topological polar surface area (TPSA) is 66.4 Å². The fraction of sp³-hybridized carbons (Fsp3) is 0.429. The number of carboxylic acid groups (broad SMARTS) is 1. The molecule has 0 aliphatic carbocycles. The van der Waals surface area contributed by atoms with Gasteiger partial charge in [-0.15, -0.1) is 0 Å². The number of aryl methyl sites for hydroxylation is 1. The molecule has 1 aromatic rings. The second kappa shape index (κ2) is 6.19. The number of rotatable bonds is 5. The van der Waals surface area contributed by atoms with Crippen molar-refractivity contribution in [3.8, 4) is 0 Å². The van der Waals surface area contributed by atoms with E-state index in [0.29, 0.717) is 23.6 Å². The zero-order valence-electron chi connectivity index (χ0n) is 11.0. The molecular formula is C14H19NO3. The predicted molar refractivity (Wildman–Crippen MR) is 70.8 cm³/mol. The van der Waals surface area contributed by atoms with Crippen LogP contribution in [0, 0.1) is 12.8 Å². The van der Waals surface area contributed by atoms with Crippen LogP contribution in [0.2, 0.25) is 0 Å². The van der Waals surface area contributed by atoms with Crippen molar-refractivity contribution in [2.45, 2.75) is 33.6 Å². The van der Waals surface area contributed by atoms with Crippen LogP contribution in [0.15, 0.2) is 18.2 Å². The van der Waals surface area contributed by atoms with Gasteiger partial charge in [0.2, 0.25) is 5.91 Å². The Morgan fingerprint density at radius 3 is 2.56 bits per heavy atom. The van der Waals surface area contributed by atoms with Gasteiger partial charge in [0.05, 0.1) is 11.3 Å². The number of carbonyl (C=O) groups excluding carboxylic acids is 1. The van der Waals surface area contributed by atoms with Crippen LogP contribution in [0.1, 0.15) is 42.6 Å². The first-order valence-corrected chi connectivity index (χ1v) is 6.04. The molecule has 1 rings (SSSR count). The van der Waals surface area contributed by atoms with Gasteiger partial charge in [0.1, 0.15) is 0 Å². The second-order valence-electron chi connectivity index (χ2n) is 4.78. The number of carbonyl (C=O) groups is 2. The van der Waals surface area contributed by atoms with E-state index in [1.165, 1.54) is 0 Å². The summed E-state index contributed by atoms with van der Waals surface area (Å²) in [6.45, 7) is 5.80. The van der Waals surface area contributed by atoms with E-state index in [1.807, 2.05) is 13.8 Å². The SMILES string of the molecule is Cc1cccc(NC(=O)CCC(C)C)c1C(=O)O. The Kier molecular flexibility index (Phi) is 4.89. The number of anilines is 1. The van der Waals surface area contributed by atoms with Crippen molar-refractivity contribution in [1.82, 2.24) is 0 Å². The number of nitrogens with one attached hydrogen (secondary N) is 1. The van der Waals surface area contributed by atoms with Crippen LogP contribution in [-0.4, -0.2) is 17.0 Å². The zero-order valence-corrected chi connectivity index (χ0v) is 11.0. The van der Waals surface area contributed by atoms with Crippen LogP contribution in [0.25, 0.3) is 0 Å². The molecule has 2 N–H and O–H groups in total. The highest BCUT2D eigenvalue weighted by molar-refractivity contribution is 6.01. The normalized spacial score (nSPS) is 10.4. The molecule has 0 aliphatic heterocycles. The molecule has 0 atom stereocenters. The van der Waals surface area contributed by atoms with Gasteiger partial charge in [-0.2, -0.15) is 0 Å². The Bertz CT molecular complexity index is 452. The number of aromatic carboxylic acids is 1. The highest BCUT2D eigenvalue weighted by Crippen LogP contribution is 2.20. The van der Waals surface area contributed by atoms with Gasteiger partial charge >= 0.3 is 5.97 Å². The molecule has 18 heavy (non-hydrogen) atoms. The molecule has 0 radical (unpaired) electrons. The molecule has 4 heteroatoms. The van der Waals surface area contributed by atoms with Crippen molar-refractivity contribution >= 4 is 17.6 Å². The maximum absolute atomic E-state index is 11.7. The molecule has 0 bridgehead atoms. The Morgan fingerprint density at radius 1 is 1.33 bits per heavy atom. The molecule has 0 fully saturated rings. The molecule has 0 unspecified atom stereocenters. The molecule has 0 saturated heterocycles. The van der Waals surface area contributed by atoms with E-state index in [4.69, 9.17) is 5.11 Å². The van der Waals surface area contributed by atoms with Gasteiger partial charge < -0.3 is 10.4 Å².